The molecule has 0 saturated heterocycles. The lowest BCUT2D eigenvalue weighted by Gasteiger charge is -2.18. The fourth-order valence-corrected chi connectivity index (χ4v) is 2.84. The van der Waals surface area contributed by atoms with Crippen LogP contribution in [0.25, 0.3) is 0 Å². The van der Waals surface area contributed by atoms with E-state index in [0.717, 1.165) is 18.7 Å². The quantitative estimate of drug-likeness (QED) is 0.904. The molecule has 1 aromatic heterocycles. The van der Waals surface area contributed by atoms with Gasteiger partial charge in [-0.1, -0.05) is 29.3 Å². The largest absolute Gasteiger partial charge is 0.313 e. The monoisotopic (exact) mass is 271 g/mol. The zero-order chi connectivity index (χ0) is 14.7. The van der Waals surface area contributed by atoms with Crippen molar-refractivity contribution in [3.05, 3.63) is 52.3 Å². The van der Waals surface area contributed by atoms with Crippen molar-refractivity contribution >= 4 is 0 Å². The van der Waals surface area contributed by atoms with Crippen molar-refractivity contribution in [3.8, 4) is 0 Å². The van der Waals surface area contributed by atoms with Gasteiger partial charge in [0.2, 0.25) is 0 Å². The summed E-state index contributed by atoms with van der Waals surface area (Å²) in [7, 11) is 2.03. The van der Waals surface area contributed by atoms with Gasteiger partial charge in [0.05, 0.1) is 5.69 Å². The molecule has 0 radical (unpaired) electrons. The van der Waals surface area contributed by atoms with E-state index in [9.17, 15) is 0 Å². The highest BCUT2D eigenvalue weighted by Gasteiger charge is 2.14. The average molecular weight is 271 g/mol. The van der Waals surface area contributed by atoms with Crippen LogP contribution in [0.2, 0.25) is 0 Å². The van der Waals surface area contributed by atoms with Gasteiger partial charge in [-0.05, 0) is 46.4 Å². The van der Waals surface area contributed by atoms with E-state index in [0.29, 0.717) is 6.04 Å². The predicted octanol–water partition coefficient (Wildman–Crippen LogP) is 3.33. The van der Waals surface area contributed by atoms with Crippen LogP contribution in [0.5, 0.6) is 0 Å². The highest BCUT2D eigenvalue weighted by atomic mass is 15.3. The second-order valence-electron chi connectivity index (χ2n) is 5.56. The van der Waals surface area contributed by atoms with Crippen LogP contribution in [0.3, 0.4) is 0 Å². The molecule has 0 fully saturated rings. The number of aromatic nitrogens is 2. The summed E-state index contributed by atoms with van der Waals surface area (Å²) in [5, 5.41) is 7.97. The maximum Gasteiger partial charge on any atom is 0.0596 e. The van der Waals surface area contributed by atoms with E-state index in [-0.39, 0.29) is 0 Å². The normalized spacial score (nSPS) is 12.7. The third-order valence-electron chi connectivity index (χ3n) is 3.69. The first-order valence-electron chi connectivity index (χ1n) is 7.32. The minimum Gasteiger partial charge on any atom is -0.313 e. The van der Waals surface area contributed by atoms with Gasteiger partial charge in [-0.2, -0.15) is 5.10 Å². The summed E-state index contributed by atoms with van der Waals surface area (Å²) in [5.74, 6) is 0. The number of likely N-dealkylation sites (N-methyl/N-ethyl adjacent to an activating group) is 1. The molecule has 2 aromatic rings. The van der Waals surface area contributed by atoms with Crippen molar-refractivity contribution in [2.24, 2.45) is 0 Å². The van der Waals surface area contributed by atoms with Crippen LogP contribution in [-0.4, -0.2) is 16.8 Å². The molecule has 1 N–H and O–H groups in total. The average Bonchev–Trinajstić information content (AvgIpc) is 2.74. The number of aryl methyl sites for hydroxylation is 4. The molecule has 2 rings (SSSR count). The van der Waals surface area contributed by atoms with Gasteiger partial charge < -0.3 is 5.32 Å². The first-order chi connectivity index (χ1) is 9.53. The molecule has 1 heterocycles. The van der Waals surface area contributed by atoms with Crippen molar-refractivity contribution in [2.75, 3.05) is 7.05 Å². The lowest BCUT2D eigenvalue weighted by Crippen LogP contribution is -2.20. The number of benzene rings is 1. The van der Waals surface area contributed by atoms with Crippen molar-refractivity contribution in [1.29, 1.82) is 0 Å². The van der Waals surface area contributed by atoms with Crippen molar-refractivity contribution in [1.82, 2.24) is 15.1 Å². The van der Waals surface area contributed by atoms with Crippen molar-refractivity contribution in [3.63, 3.8) is 0 Å². The van der Waals surface area contributed by atoms with Gasteiger partial charge in [-0.15, -0.1) is 0 Å². The number of nitrogens with zero attached hydrogens (tertiary/aromatic N) is 2. The first-order valence-corrected chi connectivity index (χ1v) is 7.32. The molecule has 1 unspecified atom stereocenters. The Labute approximate surface area is 122 Å². The minimum atomic E-state index is 0.329. The molecule has 0 saturated carbocycles. The molecule has 20 heavy (non-hydrogen) atoms. The van der Waals surface area contributed by atoms with Crippen LogP contribution in [-0.2, 0) is 13.0 Å². The molecule has 3 nitrogen and oxygen atoms in total. The van der Waals surface area contributed by atoms with Crippen molar-refractivity contribution < 1.29 is 0 Å². The van der Waals surface area contributed by atoms with E-state index in [4.69, 9.17) is 0 Å². The topological polar surface area (TPSA) is 29.9 Å². The molecule has 1 atom stereocenters. The van der Waals surface area contributed by atoms with Gasteiger partial charge in [0.1, 0.15) is 0 Å². The zero-order valence-corrected chi connectivity index (χ0v) is 13.2. The second kappa shape index (κ2) is 6.23. The minimum absolute atomic E-state index is 0.329. The smallest absolute Gasteiger partial charge is 0.0596 e. The van der Waals surface area contributed by atoms with Crippen LogP contribution in [0.15, 0.2) is 24.3 Å². The molecule has 1 aromatic carbocycles. The lowest BCUT2D eigenvalue weighted by molar-refractivity contribution is 0.540. The number of rotatable bonds is 5. The predicted molar refractivity (Wildman–Crippen MR) is 84.1 cm³/mol. The SMILES string of the molecule is CCn1nc(C)cc1CC(NC)c1cc(C)cc(C)c1. The van der Waals surface area contributed by atoms with Crippen LogP contribution >= 0.6 is 0 Å². The molecule has 0 amide bonds. The lowest BCUT2D eigenvalue weighted by atomic mass is 9.98. The second-order valence-corrected chi connectivity index (χ2v) is 5.56. The number of hydrogen-bond donors (Lipinski definition) is 1. The molecule has 0 bridgehead atoms. The Morgan fingerprint density at radius 2 is 1.75 bits per heavy atom. The fourth-order valence-electron chi connectivity index (χ4n) is 2.84. The molecule has 0 aliphatic rings. The van der Waals surface area contributed by atoms with Gasteiger partial charge in [0, 0.05) is 24.7 Å². The molecule has 0 aliphatic carbocycles. The first kappa shape index (κ1) is 14.8. The van der Waals surface area contributed by atoms with E-state index < -0.39 is 0 Å². The van der Waals surface area contributed by atoms with Crippen LogP contribution in [0.4, 0.5) is 0 Å². The molecular formula is C17H25N3. The maximum absolute atomic E-state index is 4.53. The Hall–Kier alpha value is -1.61. The van der Waals surface area contributed by atoms with Gasteiger partial charge in [0.25, 0.3) is 0 Å². The van der Waals surface area contributed by atoms with E-state index in [2.05, 4.69) is 67.1 Å². The molecule has 108 valence electrons. The molecular weight excluding hydrogens is 246 g/mol. The molecule has 0 spiro atoms. The number of hydrogen-bond acceptors (Lipinski definition) is 2. The standard InChI is InChI=1S/C17H25N3/c1-6-20-16(10-14(4)19-20)11-17(18-5)15-8-12(2)7-13(3)9-15/h7-10,17-18H,6,11H2,1-5H3. The fraction of sp³-hybridized carbons (Fsp3) is 0.471. The van der Waals surface area contributed by atoms with Gasteiger partial charge >= 0.3 is 0 Å². The highest BCUT2D eigenvalue weighted by molar-refractivity contribution is 5.31. The van der Waals surface area contributed by atoms with Crippen LogP contribution < -0.4 is 5.32 Å². The maximum atomic E-state index is 4.53. The Bertz CT molecular complexity index is 564. The van der Waals surface area contributed by atoms with Crippen LogP contribution in [0, 0.1) is 20.8 Å². The van der Waals surface area contributed by atoms with E-state index in [1.54, 1.807) is 0 Å². The summed E-state index contributed by atoms with van der Waals surface area (Å²) >= 11 is 0. The van der Waals surface area contributed by atoms with Gasteiger partial charge in [-0.25, -0.2) is 0 Å². The van der Waals surface area contributed by atoms with Crippen molar-refractivity contribution in [2.45, 2.75) is 46.7 Å². The van der Waals surface area contributed by atoms with Gasteiger partial charge in [-0.3, -0.25) is 4.68 Å². The number of nitrogens with one attached hydrogen (secondary N) is 1. The Balaban J connectivity index is 2.28. The summed E-state index contributed by atoms with van der Waals surface area (Å²) < 4.78 is 2.10. The van der Waals surface area contributed by atoms with E-state index in [1.807, 2.05) is 7.05 Å². The summed E-state index contributed by atoms with van der Waals surface area (Å²) in [6.45, 7) is 9.43. The Morgan fingerprint density at radius 3 is 2.30 bits per heavy atom. The Morgan fingerprint density at radius 1 is 1.10 bits per heavy atom. The van der Waals surface area contributed by atoms with E-state index in [1.165, 1.54) is 22.4 Å². The summed E-state index contributed by atoms with van der Waals surface area (Å²) in [5.41, 5.74) is 6.38. The summed E-state index contributed by atoms with van der Waals surface area (Å²) in [6, 6.07) is 9.28. The summed E-state index contributed by atoms with van der Waals surface area (Å²) in [6.07, 6.45) is 0.966. The van der Waals surface area contributed by atoms with E-state index >= 15 is 0 Å². The van der Waals surface area contributed by atoms with Gasteiger partial charge in [0.15, 0.2) is 0 Å². The highest BCUT2D eigenvalue weighted by Crippen LogP contribution is 2.21. The molecule has 3 heteroatoms. The Kier molecular flexibility index (Phi) is 4.61. The third-order valence-corrected chi connectivity index (χ3v) is 3.69. The summed E-state index contributed by atoms with van der Waals surface area (Å²) in [4.78, 5) is 0. The van der Waals surface area contributed by atoms with Crippen LogP contribution in [0.1, 0.15) is 41.0 Å². The molecule has 0 aliphatic heterocycles. The zero-order valence-electron chi connectivity index (χ0n) is 13.2. The third kappa shape index (κ3) is 3.28.